The van der Waals surface area contributed by atoms with Crippen molar-refractivity contribution < 1.29 is 23.9 Å². The third-order valence-electron chi connectivity index (χ3n) is 4.17. The van der Waals surface area contributed by atoms with Crippen LogP contribution in [0.15, 0.2) is 22.7 Å². The van der Waals surface area contributed by atoms with Crippen molar-refractivity contribution in [3.8, 4) is 11.6 Å². The van der Waals surface area contributed by atoms with Gasteiger partial charge in [0.25, 0.3) is 5.88 Å². The summed E-state index contributed by atoms with van der Waals surface area (Å²) in [6.45, 7) is 7.36. The normalized spacial score (nSPS) is 16.2. The summed E-state index contributed by atoms with van der Waals surface area (Å²) in [5.41, 5.74) is 0.0160. The average molecular weight is 348 g/mol. The van der Waals surface area contributed by atoms with Gasteiger partial charge in [-0.05, 0) is 56.8 Å². The molecule has 0 saturated carbocycles. The lowest BCUT2D eigenvalue weighted by Gasteiger charge is -2.33. The fourth-order valence-electron chi connectivity index (χ4n) is 2.85. The van der Waals surface area contributed by atoms with Gasteiger partial charge in [-0.2, -0.15) is 0 Å². The number of ether oxygens (including phenoxy) is 2. The van der Waals surface area contributed by atoms with Crippen LogP contribution in [0.4, 0.5) is 4.79 Å². The molecular weight excluding hydrogens is 324 g/mol. The summed E-state index contributed by atoms with van der Waals surface area (Å²) in [4.78, 5) is 13.8. The van der Waals surface area contributed by atoms with Gasteiger partial charge in [-0.1, -0.05) is 6.07 Å². The molecule has 1 aromatic heterocycles. The van der Waals surface area contributed by atoms with E-state index in [-0.39, 0.29) is 11.8 Å². The summed E-state index contributed by atoms with van der Waals surface area (Å²) in [5.74, 6) is 0.715. The molecule has 1 aliphatic rings. The highest BCUT2D eigenvalue weighted by Gasteiger charge is 2.27. The molecule has 1 N–H and O–H groups in total. The Morgan fingerprint density at radius 1 is 1.36 bits per heavy atom. The van der Waals surface area contributed by atoms with Crippen LogP contribution in [0.2, 0.25) is 0 Å². The maximum absolute atomic E-state index is 12.1. The molecule has 2 aromatic rings. The molecule has 0 bridgehead atoms. The molecule has 7 heteroatoms. The molecule has 1 aliphatic heterocycles. The second kappa shape index (κ2) is 6.82. The molecule has 1 amide bonds. The van der Waals surface area contributed by atoms with Crippen molar-refractivity contribution in [2.24, 2.45) is 5.92 Å². The predicted octanol–water partition coefficient (Wildman–Crippen LogP) is 3.56. The van der Waals surface area contributed by atoms with Gasteiger partial charge in [-0.3, -0.25) is 0 Å². The lowest BCUT2D eigenvalue weighted by molar-refractivity contribution is 0.0164. The monoisotopic (exact) mass is 348 g/mol. The number of carbonyl (C=O) groups excluding carboxylic acids is 1. The van der Waals surface area contributed by atoms with Crippen molar-refractivity contribution in [3.05, 3.63) is 18.2 Å². The Morgan fingerprint density at radius 2 is 2.08 bits per heavy atom. The molecule has 0 spiro atoms. The smallest absolute Gasteiger partial charge is 0.410 e. The summed E-state index contributed by atoms with van der Waals surface area (Å²) in [6.07, 6.45) is 1.40. The lowest BCUT2D eigenvalue weighted by Crippen LogP contribution is -2.42. The zero-order valence-corrected chi connectivity index (χ0v) is 14.8. The van der Waals surface area contributed by atoms with Crippen LogP contribution >= 0.6 is 0 Å². The van der Waals surface area contributed by atoms with Gasteiger partial charge >= 0.3 is 6.09 Å². The second-order valence-corrected chi connectivity index (χ2v) is 7.36. The molecule has 3 rings (SSSR count). The van der Waals surface area contributed by atoms with Crippen LogP contribution in [0.3, 0.4) is 0 Å². The summed E-state index contributed by atoms with van der Waals surface area (Å²) >= 11 is 0. The first-order valence-electron chi connectivity index (χ1n) is 8.51. The molecule has 1 saturated heterocycles. The molecule has 1 aromatic carbocycles. The molecule has 0 aliphatic carbocycles. The number of phenols is 1. The maximum atomic E-state index is 12.1. The number of carbonyl (C=O) groups is 1. The van der Waals surface area contributed by atoms with E-state index in [4.69, 9.17) is 14.0 Å². The molecule has 1 fully saturated rings. The number of nitrogens with zero attached hydrogens (tertiary/aromatic N) is 2. The Bertz CT molecular complexity index is 741. The van der Waals surface area contributed by atoms with Gasteiger partial charge in [0.05, 0.1) is 6.61 Å². The quantitative estimate of drug-likeness (QED) is 0.913. The maximum Gasteiger partial charge on any atom is 0.410 e. The van der Waals surface area contributed by atoms with Gasteiger partial charge in [0.2, 0.25) is 0 Å². The number of rotatable bonds is 3. The Morgan fingerprint density at radius 3 is 2.76 bits per heavy atom. The third kappa shape index (κ3) is 4.15. The van der Waals surface area contributed by atoms with Crippen LogP contribution in [-0.2, 0) is 4.74 Å². The second-order valence-electron chi connectivity index (χ2n) is 7.36. The number of amides is 1. The Hall–Kier alpha value is -2.44. The van der Waals surface area contributed by atoms with Gasteiger partial charge in [0.15, 0.2) is 5.58 Å². The molecule has 7 nitrogen and oxygen atoms in total. The average Bonchev–Trinajstić information content (AvgIpc) is 2.96. The number of aromatic nitrogens is 1. The molecule has 25 heavy (non-hydrogen) atoms. The van der Waals surface area contributed by atoms with Crippen molar-refractivity contribution in [1.29, 1.82) is 0 Å². The van der Waals surface area contributed by atoms with E-state index in [0.29, 0.717) is 42.5 Å². The number of benzene rings is 1. The topological polar surface area (TPSA) is 85.0 Å². The van der Waals surface area contributed by atoms with Crippen LogP contribution in [0.1, 0.15) is 33.6 Å². The van der Waals surface area contributed by atoms with E-state index >= 15 is 0 Å². The van der Waals surface area contributed by atoms with Crippen molar-refractivity contribution in [1.82, 2.24) is 10.1 Å². The molecule has 136 valence electrons. The molecule has 2 heterocycles. The molecule has 0 radical (unpaired) electrons. The van der Waals surface area contributed by atoms with Crippen molar-refractivity contribution in [2.45, 2.75) is 39.2 Å². The van der Waals surface area contributed by atoms with Gasteiger partial charge < -0.3 is 24.0 Å². The van der Waals surface area contributed by atoms with E-state index in [1.165, 1.54) is 0 Å². The van der Waals surface area contributed by atoms with Crippen molar-refractivity contribution in [3.63, 3.8) is 0 Å². The third-order valence-corrected chi connectivity index (χ3v) is 4.17. The highest BCUT2D eigenvalue weighted by molar-refractivity contribution is 5.88. The summed E-state index contributed by atoms with van der Waals surface area (Å²) in [5, 5.41) is 14.3. The SMILES string of the molecule is CC(C)(C)OC(=O)N1CCC(COc2noc3cccc(O)c23)CC1. The van der Waals surface area contributed by atoms with E-state index in [1.807, 2.05) is 20.8 Å². The Kier molecular flexibility index (Phi) is 4.74. The zero-order valence-electron chi connectivity index (χ0n) is 14.8. The fraction of sp³-hybridized carbons (Fsp3) is 0.556. The number of fused-ring (bicyclic) bond motifs is 1. The van der Waals surface area contributed by atoms with Gasteiger partial charge in [0, 0.05) is 13.1 Å². The van der Waals surface area contributed by atoms with Gasteiger partial charge in [0.1, 0.15) is 16.7 Å². The highest BCUT2D eigenvalue weighted by atomic mass is 16.6. The van der Waals surface area contributed by atoms with E-state index in [2.05, 4.69) is 5.16 Å². The summed E-state index contributed by atoms with van der Waals surface area (Å²) in [6, 6.07) is 5.00. The highest BCUT2D eigenvalue weighted by Crippen LogP contribution is 2.33. The first kappa shape index (κ1) is 17.4. The number of hydrogen-bond acceptors (Lipinski definition) is 6. The number of likely N-dealkylation sites (tertiary alicyclic amines) is 1. The fourth-order valence-corrected chi connectivity index (χ4v) is 2.85. The van der Waals surface area contributed by atoms with E-state index < -0.39 is 5.60 Å². The van der Waals surface area contributed by atoms with Gasteiger partial charge in [-0.25, -0.2) is 4.79 Å². The first-order valence-corrected chi connectivity index (χ1v) is 8.51. The van der Waals surface area contributed by atoms with Crippen LogP contribution in [0.5, 0.6) is 11.6 Å². The largest absolute Gasteiger partial charge is 0.507 e. The predicted molar refractivity (Wildman–Crippen MR) is 91.7 cm³/mol. The van der Waals surface area contributed by atoms with Gasteiger partial charge in [-0.15, -0.1) is 0 Å². The Balaban J connectivity index is 1.52. The minimum absolute atomic E-state index is 0.0912. The summed E-state index contributed by atoms with van der Waals surface area (Å²) in [7, 11) is 0. The standard InChI is InChI=1S/C18H24N2O5/c1-18(2,3)24-17(22)20-9-7-12(8-10-20)11-23-16-15-13(21)5-4-6-14(15)25-19-16/h4-6,12,21H,7-11H2,1-3H3. The van der Waals surface area contributed by atoms with Crippen LogP contribution < -0.4 is 4.74 Å². The molecular formula is C18H24N2O5. The minimum atomic E-state index is -0.479. The number of piperidine rings is 1. The van der Waals surface area contributed by atoms with Crippen molar-refractivity contribution >= 4 is 17.1 Å². The number of aromatic hydroxyl groups is 1. The molecule has 0 unspecified atom stereocenters. The number of hydrogen-bond donors (Lipinski definition) is 1. The summed E-state index contributed by atoms with van der Waals surface area (Å²) < 4.78 is 16.3. The first-order chi connectivity index (χ1) is 11.8. The van der Waals surface area contributed by atoms with Crippen molar-refractivity contribution in [2.75, 3.05) is 19.7 Å². The zero-order chi connectivity index (χ0) is 18.0. The minimum Gasteiger partial charge on any atom is -0.507 e. The number of phenolic OH excluding ortho intramolecular Hbond substituents is 1. The lowest BCUT2D eigenvalue weighted by atomic mass is 9.98. The van der Waals surface area contributed by atoms with E-state index in [0.717, 1.165) is 12.8 Å². The van der Waals surface area contributed by atoms with E-state index in [9.17, 15) is 9.90 Å². The van der Waals surface area contributed by atoms with Crippen LogP contribution in [-0.4, -0.2) is 46.6 Å². The van der Waals surface area contributed by atoms with E-state index in [1.54, 1.807) is 23.1 Å². The van der Waals surface area contributed by atoms with Crippen LogP contribution in [0, 0.1) is 5.92 Å². The Labute approximate surface area is 146 Å². The molecule has 0 atom stereocenters. The van der Waals surface area contributed by atoms with Crippen LogP contribution in [0.25, 0.3) is 11.0 Å².